The summed E-state index contributed by atoms with van der Waals surface area (Å²) in [6.07, 6.45) is 3.48. The molecule has 2 aromatic carbocycles. The van der Waals surface area contributed by atoms with Crippen LogP contribution < -0.4 is 5.32 Å². The normalized spacial score (nSPS) is 12.0. The molecular weight excluding hydrogens is 329 g/mol. The average molecular weight is 344 g/mol. The highest BCUT2D eigenvalue weighted by Crippen LogP contribution is 2.23. The van der Waals surface area contributed by atoms with Gasteiger partial charge in [0, 0.05) is 30.0 Å². The summed E-state index contributed by atoms with van der Waals surface area (Å²) in [6.45, 7) is 0. The summed E-state index contributed by atoms with van der Waals surface area (Å²) < 4.78 is 14.9. The first kappa shape index (κ1) is 16.2. The Morgan fingerprint density at radius 2 is 1.83 bits per heavy atom. The maximum absolute atomic E-state index is 13.0. The van der Waals surface area contributed by atoms with E-state index in [9.17, 15) is 9.18 Å². The van der Waals surface area contributed by atoms with Gasteiger partial charge in [-0.1, -0.05) is 23.7 Å². The molecule has 0 fully saturated rings. The lowest BCUT2D eigenvalue weighted by molar-refractivity contribution is 0.0941. The second-order valence-corrected chi connectivity index (χ2v) is 5.80. The van der Waals surface area contributed by atoms with E-state index in [0.29, 0.717) is 16.4 Å². The van der Waals surface area contributed by atoms with Crippen LogP contribution in [0.4, 0.5) is 4.39 Å². The smallest absolute Gasteiger partial charge is 0.252 e. The predicted molar refractivity (Wildman–Crippen MR) is 90.4 cm³/mol. The van der Waals surface area contributed by atoms with E-state index in [2.05, 4.69) is 10.3 Å². The Labute approximate surface area is 143 Å². The lowest BCUT2D eigenvalue weighted by Gasteiger charge is -2.19. The third-order valence-corrected chi connectivity index (χ3v) is 3.95. The van der Waals surface area contributed by atoms with Crippen molar-refractivity contribution in [3.05, 3.63) is 88.7 Å². The molecule has 0 aliphatic carbocycles. The number of nitrogens with zero attached hydrogens (tertiary/aromatic N) is 2. The van der Waals surface area contributed by atoms with Crippen LogP contribution in [0, 0.1) is 5.82 Å². The summed E-state index contributed by atoms with van der Waals surface area (Å²) in [7, 11) is 1.86. The molecule has 0 aliphatic rings. The van der Waals surface area contributed by atoms with Gasteiger partial charge in [0.05, 0.1) is 0 Å². The van der Waals surface area contributed by atoms with Gasteiger partial charge in [-0.25, -0.2) is 9.37 Å². The SMILES string of the molecule is Cn1ccnc1C(NC(=O)c1ccc(F)cc1)c1ccc(Cl)cc1. The summed E-state index contributed by atoms with van der Waals surface area (Å²) in [5.41, 5.74) is 1.23. The van der Waals surface area contributed by atoms with E-state index >= 15 is 0 Å². The van der Waals surface area contributed by atoms with Crippen LogP contribution in [-0.2, 0) is 7.05 Å². The fourth-order valence-corrected chi connectivity index (χ4v) is 2.55. The molecule has 4 nitrogen and oxygen atoms in total. The topological polar surface area (TPSA) is 46.9 Å². The summed E-state index contributed by atoms with van der Waals surface area (Å²) >= 11 is 5.95. The zero-order chi connectivity index (χ0) is 17.1. The van der Waals surface area contributed by atoms with Gasteiger partial charge < -0.3 is 9.88 Å². The number of amides is 1. The summed E-state index contributed by atoms with van der Waals surface area (Å²) in [5.74, 6) is -0.00404. The van der Waals surface area contributed by atoms with Crippen LogP contribution >= 0.6 is 11.6 Å². The zero-order valence-corrected chi connectivity index (χ0v) is 13.7. The molecule has 1 heterocycles. The van der Waals surface area contributed by atoms with Crippen LogP contribution in [-0.4, -0.2) is 15.5 Å². The minimum absolute atomic E-state index is 0.307. The van der Waals surface area contributed by atoms with Gasteiger partial charge in [-0.05, 0) is 42.0 Å². The molecule has 1 aromatic heterocycles. The van der Waals surface area contributed by atoms with Crippen molar-refractivity contribution >= 4 is 17.5 Å². The number of carbonyl (C=O) groups excluding carboxylic acids is 1. The molecule has 0 saturated carbocycles. The first-order chi connectivity index (χ1) is 11.5. The highest BCUT2D eigenvalue weighted by Gasteiger charge is 2.21. The summed E-state index contributed by atoms with van der Waals surface area (Å²) in [5, 5.41) is 3.56. The van der Waals surface area contributed by atoms with Gasteiger partial charge in [-0.15, -0.1) is 0 Å². The largest absolute Gasteiger partial charge is 0.338 e. The van der Waals surface area contributed by atoms with Crippen molar-refractivity contribution in [1.29, 1.82) is 0 Å². The number of imidazole rings is 1. The van der Waals surface area contributed by atoms with Gasteiger partial charge in [-0.2, -0.15) is 0 Å². The van der Waals surface area contributed by atoms with Crippen molar-refractivity contribution in [3.8, 4) is 0 Å². The maximum atomic E-state index is 13.0. The summed E-state index contributed by atoms with van der Waals surface area (Å²) in [4.78, 5) is 16.8. The zero-order valence-electron chi connectivity index (χ0n) is 12.9. The van der Waals surface area contributed by atoms with Crippen molar-refractivity contribution in [2.75, 3.05) is 0 Å². The highest BCUT2D eigenvalue weighted by molar-refractivity contribution is 6.30. The monoisotopic (exact) mass is 343 g/mol. The number of aryl methyl sites for hydroxylation is 1. The molecule has 0 saturated heterocycles. The van der Waals surface area contributed by atoms with Crippen molar-refractivity contribution in [3.63, 3.8) is 0 Å². The van der Waals surface area contributed by atoms with Crippen LogP contribution in [0.1, 0.15) is 27.8 Å². The van der Waals surface area contributed by atoms with Gasteiger partial charge in [0.1, 0.15) is 17.7 Å². The third-order valence-electron chi connectivity index (χ3n) is 3.70. The van der Waals surface area contributed by atoms with Gasteiger partial charge in [0.15, 0.2) is 0 Å². The Morgan fingerprint density at radius 1 is 1.17 bits per heavy atom. The molecular formula is C18H15ClFN3O. The lowest BCUT2D eigenvalue weighted by atomic mass is 10.1. The molecule has 122 valence electrons. The van der Waals surface area contributed by atoms with Crippen LogP contribution in [0.2, 0.25) is 5.02 Å². The van der Waals surface area contributed by atoms with Crippen LogP contribution in [0.3, 0.4) is 0 Å². The number of carbonyl (C=O) groups is 1. The molecule has 6 heteroatoms. The Balaban J connectivity index is 1.93. The molecule has 0 radical (unpaired) electrons. The number of halogens is 2. The van der Waals surface area contributed by atoms with E-state index in [4.69, 9.17) is 11.6 Å². The number of hydrogen-bond acceptors (Lipinski definition) is 2. The van der Waals surface area contributed by atoms with Crippen LogP contribution in [0.25, 0.3) is 0 Å². The van der Waals surface area contributed by atoms with Gasteiger partial charge >= 0.3 is 0 Å². The molecule has 3 rings (SSSR count). The van der Waals surface area contributed by atoms with E-state index < -0.39 is 6.04 Å². The number of aromatic nitrogens is 2. The van der Waals surface area contributed by atoms with Gasteiger partial charge in [-0.3, -0.25) is 4.79 Å². The third kappa shape index (κ3) is 3.46. The van der Waals surface area contributed by atoms with E-state index in [-0.39, 0.29) is 11.7 Å². The summed E-state index contributed by atoms with van der Waals surface area (Å²) in [6, 6.07) is 12.2. The van der Waals surface area contributed by atoms with Crippen LogP contribution in [0.15, 0.2) is 60.9 Å². The average Bonchev–Trinajstić information content (AvgIpc) is 3.00. The van der Waals surface area contributed by atoms with Crippen LogP contribution in [0.5, 0.6) is 0 Å². The quantitative estimate of drug-likeness (QED) is 0.784. The Bertz CT molecular complexity index is 843. The maximum Gasteiger partial charge on any atom is 0.252 e. The standard InChI is InChI=1S/C18H15ClFN3O/c1-23-11-10-21-17(23)16(12-2-6-14(19)7-3-12)22-18(24)13-4-8-15(20)9-5-13/h2-11,16H,1H3,(H,22,24). The van der Waals surface area contributed by atoms with E-state index in [1.807, 2.05) is 29.9 Å². The first-order valence-corrected chi connectivity index (χ1v) is 7.71. The van der Waals surface area contributed by atoms with Crippen molar-refractivity contribution in [1.82, 2.24) is 14.9 Å². The van der Waals surface area contributed by atoms with E-state index in [1.165, 1.54) is 24.3 Å². The Hall–Kier alpha value is -2.66. The number of hydrogen-bond donors (Lipinski definition) is 1. The molecule has 0 aliphatic heterocycles. The van der Waals surface area contributed by atoms with Gasteiger partial charge in [0.25, 0.3) is 5.91 Å². The highest BCUT2D eigenvalue weighted by atomic mass is 35.5. The first-order valence-electron chi connectivity index (χ1n) is 7.34. The lowest BCUT2D eigenvalue weighted by Crippen LogP contribution is -2.31. The molecule has 1 unspecified atom stereocenters. The molecule has 0 bridgehead atoms. The van der Waals surface area contributed by atoms with Crippen molar-refractivity contribution in [2.45, 2.75) is 6.04 Å². The predicted octanol–water partition coefficient (Wildman–Crippen LogP) is 3.73. The number of nitrogens with one attached hydrogen (secondary N) is 1. The Morgan fingerprint density at radius 3 is 2.42 bits per heavy atom. The molecule has 1 amide bonds. The molecule has 24 heavy (non-hydrogen) atoms. The fraction of sp³-hybridized carbons (Fsp3) is 0.111. The molecule has 1 atom stereocenters. The number of rotatable bonds is 4. The molecule has 1 N–H and O–H groups in total. The van der Waals surface area contributed by atoms with Gasteiger partial charge in [0.2, 0.25) is 0 Å². The second-order valence-electron chi connectivity index (χ2n) is 5.36. The molecule has 0 spiro atoms. The Kier molecular flexibility index (Phi) is 4.62. The minimum Gasteiger partial charge on any atom is -0.338 e. The van der Waals surface area contributed by atoms with E-state index in [0.717, 1.165) is 5.56 Å². The minimum atomic E-state index is -0.445. The second kappa shape index (κ2) is 6.84. The van der Waals surface area contributed by atoms with Crippen molar-refractivity contribution < 1.29 is 9.18 Å². The fourth-order valence-electron chi connectivity index (χ4n) is 2.42. The molecule has 3 aromatic rings. The van der Waals surface area contributed by atoms with Crippen molar-refractivity contribution in [2.24, 2.45) is 7.05 Å². The number of benzene rings is 2. The van der Waals surface area contributed by atoms with E-state index in [1.54, 1.807) is 18.3 Å².